The average molecular weight is 331 g/mol. The number of carbonyl (C=O) groups excluding carboxylic acids is 1. The van der Waals surface area contributed by atoms with Crippen molar-refractivity contribution in [3.8, 4) is 0 Å². The van der Waals surface area contributed by atoms with E-state index in [1.54, 1.807) is 0 Å². The Morgan fingerprint density at radius 2 is 1.71 bits per heavy atom. The third kappa shape index (κ3) is 3.86. The average Bonchev–Trinajstić information content (AvgIpc) is 2.93. The van der Waals surface area contributed by atoms with Gasteiger partial charge in [0.2, 0.25) is 5.91 Å². The summed E-state index contributed by atoms with van der Waals surface area (Å²) >= 11 is 0. The molecule has 0 fully saturated rings. The molecular weight excluding hydrogens is 302 g/mol. The first kappa shape index (κ1) is 18.2. The van der Waals surface area contributed by atoms with Gasteiger partial charge in [-0.15, -0.1) is 0 Å². The molecule has 0 atom stereocenters. The summed E-state index contributed by atoms with van der Waals surface area (Å²) in [5, 5.41) is 11.9. The van der Waals surface area contributed by atoms with Gasteiger partial charge in [-0.1, -0.05) is 6.92 Å². The molecule has 1 amide bonds. The van der Waals surface area contributed by atoms with Gasteiger partial charge < -0.3 is 5.32 Å². The Hall–Kier alpha value is -2.11. The van der Waals surface area contributed by atoms with Crippen LogP contribution in [0, 0.1) is 27.7 Å². The molecule has 2 aromatic heterocycles. The fourth-order valence-electron chi connectivity index (χ4n) is 3.27. The minimum absolute atomic E-state index is 0.0786. The van der Waals surface area contributed by atoms with Crippen molar-refractivity contribution in [1.29, 1.82) is 0 Å². The smallest absolute Gasteiger partial charge is 0.220 e. The van der Waals surface area contributed by atoms with Gasteiger partial charge in [0, 0.05) is 31.4 Å². The van der Waals surface area contributed by atoms with Gasteiger partial charge in [-0.05, 0) is 51.7 Å². The molecule has 0 spiro atoms. The predicted molar refractivity (Wildman–Crippen MR) is 95.1 cm³/mol. The second kappa shape index (κ2) is 7.64. The molecule has 0 aliphatic carbocycles. The highest BCUT2D eigenvalue weighted by Gasteiger charge is 2.12. The predicted octanol–water partition coefficient (Wildman–Crippen LogP) is 2.16. The summed E-state index contributed by atoms with van der Waals surface area (Å²) in [6.45, 7) is 11.6. The fraction of sp³-hybridized carbons (Fsp3) is 0.611. The summed E-state index contributed by atoms with van der Waals surface area (Å²) in [4.78, 5) is 12.1. The topological polar surface area (TPSA) is 64.7 Å². The third-order valence-electron chi connectivity index (χ3n) is 4.79. The number of hydrogen-bond donors (Lipinski definition) is 1. The molecule has 0 radical (unpaired) electrons. The lowest BCUT2D eigenvalue weighted by Gasteiger charge is -2.08. The van der Waals surface area contributed by atoms with Crippen molar-refractivity contribution in [1.82, 2.24) is 24.9 Å². The van der Waals surface area contributed by atoms with Crippen molar-refractivity contribution in [2.75, 3.05) is 6.54 Å². The van der Waals surface area contributed by atoms with Crippen molar-refractivity contribution >= 4 is 5.91 Å². The SMILES string of the molecule is CCc1c(C)nn(CCNC(=O)CCc2c(C)nn(C)c2C)c1C. The first-order chi connectivity index (χ1) is 11.3. The van der Waals surface area contributed by atoms with Crippen molar-refractivity contribution in [2.45, 2.75) is 60.4 Å². The molecule has 6 heteroatoms. The van der Waals surface area contributed by atoms with Crippen LogP contribution in [-0.4, -0.2) is 32.0 Å². The number of aryl methyl sites for hydroxylation is 3. The van der Waals surface area contributed by atoms with E-state index in [4.69, 9.17) is 0 Å². The molecule has 24 heavy (non-hydrogen) atoms. The molecule has 0 unspecified atom stereocenters. The van der Waals surface area contributed by atoms with Crippen LogP contribution in [0.15, 0.2) is 0 Å². The van der Waals surface area contributed by atoms with Crippen molar-refractivity contribution in [3.63, 3.8) is 0 Å². The van der Waals surface area contributed by atoms with E-state index >= 15 is 0 Å². The molecule has 1 N–H and O–H groups in total. The molecule has 2 aromatic rings. The first-order valence-corrected chi connectivity index (χ1v) is 8.63. The largest absolute Gasteiger partial charge is 0.354 e. The van der Waals surface area contributed by atoms with E-state index in [9.17, 15) is 4.79 Å². The van der Waals surface area contributed by atoms with E-state index in [0.717, 1.165) is 29.9 Å². The molecule has 0 aromatic carbocycles. The number of nitrogens with one attached hydrogen (secondary N) is 1. The van der Waals surface area contributed by atoms with E-state index < -0.39 is 0 Å². The number of rotatable bonds is 7. The molecule has 2 rings (SSSR count). The van der Waals surface area contributed by atoms with Crippen LogP contribution < -0.4 is 5.32 Å². The van der Waals surface area contributed by atoms with Crippen LogP contribution in [0.1, 0.15) is 47.2 Å². The lowest BCUT2D eigenvalue weighted by atomic mass is 10.1. The highest BCUT2D eigenvalue weighted by Crippen LogP contribution is 2.14. The Balaban J connectivity index is 1.82. The Morgan fingerprint density at radius 1 is 1.04 bits per heavy atom. The van der Waals surface area contributed by atoms with Gasteiger partial charge >= 0.3 is 0 Å². The van der Waals surface area contributed by atoms with Crippen LogP contribution in [0.4, 0.5) is 0 Å². The van der Waals surface area contributed by atoms with Gasteiger partial charge in [-0.2, -0.15) is 10.2 Å². The number of nitrogens with zero attached hydrogens (tertiary/aromatic N) is 4. The van der Waals surface area contributed by atoms with Gasteiger partial charge in [0.05, 0.1) is 17.9 Å². The lowest BCUT2D eigenvalue weighted by Crippen LogP contribution is -2.28. The normalized spacial score (nSPS) is 11.1. The van der Waals surface area contributed by atoms with Gasteiger partial charge in [0.25, 0.3) is 0 Å². The van der Waals surface area contributed by atoms with Crippen LogP contribution in [0.3, 0.4) is 0 Å². The summed E-state index contributed by atoms with van der Waals surface area (Å²) in [7, 11) is 1.94. The summed E-state index contributed by atoms with van der Waals surface area (Å²) in [6, 6.07) is 0. The molecule has 0 saturated heterocycles. The van der Waals surface area contributed by atoms with Gasteiger partial charge in [-0.3, -0.25) is 14.2 Å². The van der Waals surface area contributed by atoms with E-state index in [-0.39, 0.29) is 5.91 Å². The minimum Gasteiger partial charge on any atom is -0.354 e. The zero-order valence-corrected chi connectivity index (χ0v) is 15.7. The first-order valence-electron chi connectivity index (χ1n) is 8.63. The quantitative estimate of drug-likeness (QED) is 0.845. The molecule has 0 aliphatic heterocycles. The molecule has 6 nitrogen and oxygen atoms in total. The van der Waals surface area contributed by atoms with Gasteiger partial charge in [0.15, 0.2) is 0 Å². The lowest BCUT2D eigenvalue weighted by molar-refractivity contribution is -0.121. The van der Waals surface area contributed by atoms with Crippen LogP contribution >= 0.6 is 0 Å². The van der Waals surface area contributed by atoms with Crippen LogP contribution in [0.5, 0.6) is 0 Å². The molecule has 2 heterocycles. The van der Waals surface area contributed by atoms with Gasteiger partial charge in [-0.25, -0.2) is 0 Å². The highest BCUT2D eigenvalue weighted by molar-refractivity contribution is 5.76. The van der Waals surface area contributed by atoms with Gasteiger partial charge in [0.1, 0.15) is 0 Å². The van der Waals surface area contributed by atoms with E-state index in [0.29, 0.717) is 19.5 Å². The second-order valence-corrected chi connectivity index (χ2v) is 6.35. The standard InChI is InChI=1S/C18H29N5O/c1-7-16-12(2)21-23(15(16)5)11-10-19-18(24)9-8-17-13(3)20-22(6)14(17)4/h7-11H2,1-6H3,(H,19,24). The number of carbonyl (C=O) groups is 1. The van der Waals surface area contributed by atoms with E-state index in [1.807, 2.05) is 37.2 Å². The summed E-state index contributed by atoms with van der Waals surface area (Å²) in [5.41, 5.74) is 6.92. The maximum atomic E-state index is 12.1. The molecule has 0 bridgehead atoms. The fourth-order valence-corrected chi connectivity index (χ4v) is 3.27. The molecule has 0 saturated carbocycles. The van der Waals surface area contributed by atoms with E-state index in [2.05, 4.69) is 29.4 Å². The zero-order valence-electron chi connectivity index (χ0n) is 15.7. The summed E-state index contributed by atoms with van der Waals surface area (Å²) in [5.74, 6) is 0.0786. The Bertz CT molecular complexity index is 726. The maximum Gasteiger partial charge on any atom is 0.220 e. The van der Waals surface area contributed by atoms with E-state index in [1.165, 1.54) is 16.8 Å². The Labute approximate surface area is 144 Å². The molecule has 0 aliphatic rings. The van der Waals surface area contributed by atoms with Crippen LogP contribution in [-0.2, 0) is 31.2 Å². The summed E-state index contributed by atoms with van der Waals surface area (Å²) < 4.78 is 3.86. The van der Waals surface area contributed by atoms with Crippen molar-refractivity contribution < 1.29 is 4.79 Å². The van der Waals surface area contributed by atoms with Crippen LogP contribution in [0.2, 0.25) is 0 Å². The maximum absolute atomic E-state index is 12.1. The Morgan fingerprint density at radius 3 is 2.25 bits per heavy atom. The Kier molecular flexibility index (Phi) is 5.80. The number of amides is 1. The zero-order chi connectivity index (χ0) is 17.9. The number of hydrogen-bond acceptors (Lipinski definition) is 3. The van der Waals surface area contributed by atoms with Crippen molar-refractivity contribution in [2.24, 2.45) is 7.05 Å². The highest BCUT2D eigenvalue weighted by atomic mass is 16.1. The number of aromatic nitrogens is 4. The third-order valence-corrected chi connectivity index (χ3v) is 4.79. The minimum atomic E-state index is 0.0786. The van der Waals surface area contributed by atoms with Crippen LogP contribution in [0.25, 0.3) is 0 Å². The second-order valence-electron chi connectivity index (χ2n) is 6.35. The molecule has 132 valence electrons. The molecular formula is C18H29N5O. The van der Waals surface area contributed by atoms with Crippen molar-refractivity contribution in [3.05, 3.63) is 33.9 Å². The summed E-state index contributed by atoms with van der Waals surface area (Å²) in [6.07, 6.45) is 2.22. The monoisotopic (exact) mass is 331 g/mol.